The van der Waals surface area contributed by atoms with Gasteiger partial charge in [-0.1, -0.05) is 6.07 Å². The van der Waals surface area contributed by atoms with Gasteiger partial charge in [0, 0.05) is 32.4 Å². The smallest absolute Gasteiger partial charge is 0.191 e. The van der Waals surface area contributed by atoms with Crippen molar-refractivity contribution in [2.75, 3.05) is 32.1 Å². The molecule has 0 fully saturated rings. The zero-order valence-corrected chi connectivity index (χ0v) is 16.4. The molecule has 0 saturated carbocycles. The largest absolute Gasteiger partial charge is 0.489 e. The number of aliphatic imine (C=N–C) groups is 1. The maximum atomic E-state index is 13.0. The fourth-order valence-electron chi connectivity index (χ4n) is 2.49. The quantitative estimate of drug-likeness (QED) is 0.550. The molecule has 0 spiro atoms. The van der Waals surface area contributed by atoms with E-state index >= 15 is 0 Å². The van der Waals surface area contributed by atoms with Crippen LogP contribution in [0.5, 0.6) is 5.75 Å². The molecule has 2 N–H and O–H groups in total. The van der Waals surface area contributed by atoms with Crippen molar-refractivity contribution in [3.8, 4) is 5.75 Å². The Labute approximate surface area is 160 Å². The predicted octanol–water partition coefficient (Wildman–Crippen LogP) is 2.81. The van der Waals surface area contributed by atoms with Crippen molar-refractivity contribution in [1.82, 2.24) is 15.6 Å². The Balaban J connectivity index is 1.94. The van der Waals surface area contributed by atoms with Crippen LogP contribution in [0.1, 0.15) is 19.4 Å². The Morgan fingerprint density at radius 3 is 2.63 bits per heavy atom. The number of anilines is 1. The molecule has 0 radical (unpaired) electrons. The fourth-order valence-corrected chi connectivity index (χ4v) is 2.49. The Kier molecular flexibility index (Phi) is 7.85. The normalized spacial score (nSPS) is 12.4. The van der Waals surface area contributed by atoms with Crippen molar-refractivity contribution in [3.05, 3.63) is 54.0 Å². The van der Waals surface area contributed by atoms with Gasteiger partial charge in [-0.05, 0) is 44.2 Å². The molecule has 27 heavy (non-hydrogen) atoms. The minimum Gasteiger partial charge on any atom is -0.489 e. The van der Waals surface area contributed by atoms with Gasteiger partial charge in [0.2, 0.25) is 0 Å². The Morgan fingerprint density at radius 2 is 1.96 bits per heavy atom. The number of guanidine groups is 1. The van der Waals surface area contributed by atoms with E-state index in [2.05, 4.69) is 20.6 Å². The molecule has 0 amide bonds. The molecular weight excluding hydrogens is 345 g/mol. The minimum atomic E-state index is -0.276. The lowest BCUT2D eigenvalue weighted by Gasteiger charge is -2.18. The van der Waals surface area contributed by atoms with Gasteiger partial charge in [-0.3, -0.25) is 0 Å². The van der Waals surface area contributed by atoms with E-state index in [1.165, 1.54) is 12.1 Å². The number of ether oxygens (including phenoxy) is 1. The summed E-state index contributed by atoms with van der Waals surface area (Å²) in [5.41, 5.74) is 1.05. The minimum absolute atomic E-state index is 0.102. The summed E-state index contributed by atoms with van der Waals surface area (Å²) in [7, 11) is 3.93. The molecule has 7 heteroatoms. The van der Waals surface area contributed by atoms with E-state index in [9.17, 15) is 4.39 Å². The third kappa shape index (κ3) is 6.77. The number of nitrogens with zero attached hydrogens (tertiary/aromatic N) is 3. The Hall–Kier alpha value is -2.83. The molecule has 0 aliphatic heterocycles. The molecule has 1 aromatic heterocycles. The van der Waals surface area contributed by atoms with E-state index in [4.69, 9.17) is 4.74 Å². The molecule has 1 aromatic carbocycles. The first-order valence-corrected chi connectivity index (χ1v) is 9.05. The summed E-state index contributed by atoms with van der Waals surface area (Å²) in [6.07, 6.45) is 1.68. The van der Waals surface area contributed by atoms with Gasteiger partial charge in [0.15, 0.2) is 5.96 Å². The van der Waals surface area contributed by atoms with E-state index in [0.717, 1.165) is 17.9 Å². The van der Waals surface area contributed by atoms with Crippen LogP contribution in [0, 0.1) is 5.82 Å². The number of aromatic nitrogens is 1. The number of hydrogen-bond donors (Lipinski definition) is 2. The van der Waals surface area contributed by atoms with E-state index in [-0.39, 0.29) is 11.9 Å². The number of rotatable bonds is 8. The van der Waals surface area contributed by atoms with Crippen LogP contribution >= 0.6 is 0 Å². The molecular formula is C20H28FN5O. The van der Waals surface area contributed by atoms with Crippen LogP contribution in [0.3, 0.4) is 0 Å². The van der Waals surface area contributed by atoms with Crippen molar-refractivity contribution >= 4 is 11.8 Å². The van der Waals surface area contributed by atoms with Gasteiger partial charge in [-0.2, -0.15) is 0 Å². The lowest BCUT2D eigenvalue weighted by Crippen LogP contribution is -2.41. The molecule has 0 bridgehead atoms. The molecule has 2 rings (SSSR count). The van der Waals surface area contributed by atoms with Crippen LogP contribution in [0.2, 0.25) is 0 Å². The van der Waals surface area contributed by atoms with Crippen LogP contribution < -0.4 is 20.3 Å². The van der Waals surface area contributed by atoms with Crippen LogP contribution in [0.4, 0.5) is 10.2 Å². The lowest BCUT2D eigenvalue weighted by molar-refractivity contribution is 0.223. The topological polar surface area (TPSA) is 61.8 Å². The molecule has 1 unspecified atom stereocenters. The second-order valence-electron chi connectivity index (χ2n) is 6.34. The van der Waals surface area contributed by atoms with Crippen LogP contribution in [0.25, 0.3) is 0 Å². The first-order chi connectivity index (χ1) is 13.0. The van der Waals surface area contributed by atoms with E-state index in [1.54, 1.807) is 18.3 Å². The predicted molar refractivity (Wildman–Crippen MR) is 108 cm³/mol. The fraction of sp³-hybridized carbons (Fsp3) is 0.400. The van der Waals surface area contributed by atoms with Crippen molar-refractivity contribution in [2.24, 2.45) is 4.99 Å². The van der Waals surface area contributed by atoms with Gasteiger partial charge in [0.05, 0.1) is 13.1 Å². The second-order valence-corrected chi connectivity index (χ2v) is 6.34. The van der Waals surface area contributed by atoms with Crippen molar-refractivity contribution < 1.29 is 9.13 Å². The highest BCUT2D eigenvalue weighted by Gasteiger charge is 2.08. The number of pyridine rings is 1. The highest BCUT2D eigenvalue weighted by atomic mass is 19.1. The summed E-state index contributed by atoms with van der Waals surface area (Å²) in [5, 5.41) is 6.50. The number of benzene rings is 1. The molecule has 0 aliphatic carbocycles. The summed E-state index contributed by atoms with van der Waals surface area (Å²) in [5.74, 6) is 1.98. The molecule has 0 aliphatic rings. The van der Waals surface area contributed by atoms with E-state index in [1.807, 2.05) is 45.0 Å². The zero-order chi connectivity index (χ0) is 19.6. The van der Waals surface area contributed by atoms with Gasteiger partial charge in [-0.15, -0.1) is 0 Å². The third-order valence-corrected chi connectivity index (χ3v) is 3.75. The maximum absolute atomic E-state index is 13.0. The number of halogens is 1. The molecule has 1 heterocycles. The average Bonchev–Trinajstić information content (AvgIpc) is 2.66. The summed E-state index contributed by atoms with van der Waals surface area (Å²) in [4.78, 5) is 11.0. The zero-order valence-electron chi connectivity index (χ0n) is 16.4. The first kappa shape index (κ1) is 20.5. The maximum Gasteiger partial charge on any atom is 0.191 e. The Morgan fingerprint density at radius 1 is 1.22 bits per heavy atom. The van der Waals surface area contributed by atoms with Crippen molar-refractivity contribution in [1.29, 1.82) is 0 Å². The standard InChI is InChI=1S/C20H28FN5O/c1-5-22-20(25-14-16-7-6-12-23-19(16)26(3)4)24-13-15(2)27-18-10-8-17(21)9-11-18/h6-12,15H,5,13-14H2,1-4H3,(H2,22,24,25). The SMILES string of the molecule is CCNC(=NCc1cccnc1N(C)C)NCC(C)Oc1ccc(F)cc1. The molecule has 0 saturated heterocycles. The number of nitrogens with one attached hydrogen (secondary N) is 2. The van der Waals surface area contributed by atoms with Gasteiger partial charge < -0.3 is 20.3 Å². The van der Waals surface area contributed by atoms with Gasteiger partial charge in [0.1, 0.15) is 23.5 Å². The first-order valence-electron chi connectivity index (χ1n) is 9.05. The molecule has 2 aromatic rings. The summed E-state index contributed by atoms with van der Waals surface area (Å²) in [6, 6.07) is 9.95. The molecule has 1 atom stereocenters. The van der Waals surface area contributed by atoms with Crippen LogP contribution in [-0.4, -0.2) is 44.2 Å². The highest BCUT2D eigenvalue weighted by Crippen LogP contribution is 2.15. The highest BCUT2D eigenvalue weighted by molar-refractivity contribution is 5.79. The Bertz CT molecular complexity index is 733. The monoisotopic (exact) mass is 373 g/mol. The lowest BCUT2D eigenvalue weighted by atomic mass is 10.2. The van der Waals surface area contributed by atoms with Crippen LogP contribution in [0.15, 0.2) is 47.6 Å². The van der Waals surface area contributed by atoms with Crippen LogP contribution in [-0.2, 0) is 6.54 Å². The second kappa shape index (κ2) is 10.4. The van der Waals surface area contributed by atoms with Crippen molar-refractivity contribution in [3.63, 3.8) is 0 Å². The van der Waals surface area contributed by atoms with Gasteiger partial charge in [0.25, 0.3) is 0 Å². The third-order valence-electron chi connectivity index (χ3n) is 3.75. The van der Waals surface area contributed by atoms with E-state index in [0.29, 0.717) is 24.8 Å². The summed E-state index contributed by atoms with van der Waals surface area (Å²) in [6.45, 7) is 5.81. The van der Waals surface area contributed by atoms with E-state index < -0.39 is 0 Å². The van der Waals surface area contributed by atoms with Crippen molar-refractivity contribution in [2.45, 2.75) is 26.5 Å². The molecule has 6 nitrogen and oxygen atoms in total. The average molecular weight is 373 g/mol. The number of hydrogen-bond acceptors (Lipinski definition) is 4. The molecule has 146 valence electrons. The van der Waals surface area contributed by atoms with Gasteiger partial charge in [-0.25, -0.2) is 14.4 Å². The summed E-state index contributed by atoms with van der Waals surface area (Å²) >= 11 is 0. The summed E-state index contributed by atoms with van der Waals surface area (Å²) < 4.78 is 18.7. The van der Waals surface area contributed by atoms with Gasteiger partial charge >= 0.3 is 0 Å².